The number of anilines is 3. The Balaban J connectivity index is 1.27. The molecule has 3 aromatic carbocycles. The molecule has 0 aromatic heterocycles. The van der Waals surface area contributed by atoms with Gasteiger partial charge in [0.2, 0.25) is 0 Å². The molecule has 0 atom stereocenters. The molecule has 3 amide bonds. The molecule has 6 nitrogen and oxygen atoms in total. The summed E-state index contributed by atoms with van der Waals surface area (Å²) in [6.07, 6.45) is 3.37. The van der Waals surface area contributed by atoms with E-state index >= 15 is 0 Å². The molecule has 3 aromatic rings. The number of rotatable bonds is 7. The van der Waals surface area contributed by atoms with Crippen molar-refractivity contribution in [3.05, 3.63) is 90.0 Å². The van der Waals surface area contributed by atoms with Gasteiger partial charge in [-0.3, -0.25) is 4.79 Å². The minimum atomic E-state index is -0.104. The fourth-order valence-electron chi connectivity index (χ4n) is 4.05. The van der Waals surface area contributed by atoms with Gasteiger partial charge in [-0.15, -0.1) is 0 Å². The molecular weight excluding hydrogens is 424 g/mol. The van der Waals surface area contributed by atoms with Gasteiger partial charge in [0.05, 0.1) is 0 Å². The molecule has 0 aliphatic carbocycles. The number of urea groups is 1. The van der Waals surface area contributed by atoms with Crippen molar-refractivity contribution in [1.29, 1.82) is 0 Å². The Morgan fingerprint density at radius 3 is 2.06 bits per heavy atom. The maximum absolute atomic E-state index is 12.6. The third-order valence-electron chi connectivity index (χ3n) is 6.12. The molecule has 34 heavy (non-hydrogen) atoms. The van der Waals surface area contributed by atoms with Crippen molar-refractivity contribution in [2.75, 3.05) is 41.7 Å². The van der Waals surface area contributed by atoms with Gasteiger partial charge in [0, 0.05) is 48.8 Å². The quantitative estimate of drug-likeness (QED) is 0.484. The van der Waals surface area contributed by atoms with E-state index in [-0.39, 0.29) is 11.9 Å². The number of unbranched alkanes of at least 4 members (excludes halogenated alkanes) is 1. The van der Waals surface area contributed by atoms with Crippen molar-refractivity contribution in [1.82, 2.24) is 4.90 Å². The lowest BCUT2D eigenvalue weighted by atomic mass is 10.1. The van der Waals surface area contributed by atoms with Crippen LogP contribution in [0.15, 0.2) is 78.9 Å². The standard InChI is InChI=1S/C28H32N4O2/c1-2-3-7-22-10-12-23(13-11-22)27(33)29-25-14-16-26(17-15-25)31-18-20-32(21-19-31)28(34)30-24-8-5-4-6-9-24/h4-6,8-17H,2-3,7,18-21H2,1H3,(H,29,33)(H,30,34). The number of hydrogen-bond acceptors (Lipinski definition) is 3. The van der Waals surface area contributed by atoms with Crippen molar-refractivity contribution < 1.29 is 9.59 Å². The first-order chi connectivity index (χ1) is 16.6. The summed E-state index contributed by atoms with van der Waals surface area (Å²) in [5.41, 5.74) is 4.58. The summed E-state index contributed by atoms with van der Waals surface area (Å²) in [5, 5.41) is 5.92. The molecule has 1 aliphatic rings. The number of amides is 3. The Kier molecular flexibility index (Phi) is 7.81. The van der Waals surface area contributed by atoms with Crippen LogP contribution in [0.25, 0.3) is 0 Å². The monoisotopic (exact) mass is 456 g/mol. The van der Waals surface area contributed by atoms with Gasteiger partial charge < -0.3 is 20.4 Å². The number of piperazine rings is 1. The predicted octanol–water partition coefficient (Wildman–Crippen LogP) is 5.64. The summed E-state index contributed by atoms with van der Waals surface area (Å²) in [4.78, 5) is 29.2. The van der Waals surface area contributed by atoms with E-state index in [9.17, 15) is 9.59 Å². The topological polar surface area (TPSA) is 64.7 Å². The number of para-hydroxylation sites is 1. The maximum Gasteiger partial charge on any atom is 0.321 e. The number of hydrogen-bond donors (Lipinski definition) is 2. The average molecular weight is 457 g/mol. The second-order valence-electron chi connectivity index (χ2n) is 8.57. The van der Waals surface area contributed by atoms with Crippen molar-refractivity contribution >= 4 is 29.0 Å². The summed E-state index contributed by atoms with van der Waals surface area (Å²) in [7, 11) is 0. The van der Waals surface area contributed by atoms with Crippen LogP contribution in [-0.4, -0.2) is 43.0 Å². The van der Waals surface area contributed by atoms with Gasteiger partial charge in [-0.2, -0.15) is 0 Å². The van der Waals surface area contributed by atoms with E-state index in [1.807, 2.05) is 83.8 Å². The first-order valence-electron chi connectivity index (χ1n) is 12.0. The van der Waals surface area contributed by atoms with Crippen LogP contribution < -0.4 is 15.5 Å². The lowest BCUT2D eigenvalue weighted by Crippen LogP contribution is -2.50. The number of nitrogens with one attached hydrogen (secondary N) is 2. The predicted molar refractivity (Wildman–Crippen MR) is 139 cm³/mol. The lowest BCUT2D eigenvalue weighted by molar-refractivity contribution is 0.102. The molecular formula is C28H32N4O2. The summed E-state index contributed by atoms with van der Waals surface area (Å²) in [6, 6.07) is 25.2. The van der Waals surface area contributed by atoms with E-state index in [0.717, 1.165) is 49.4 Å². The van der Waals surface area contributed by atoms with E-state index in [2.05, 4.69) is 22.5 Å². The highest BCUT2D eigenvalue weighted by atomic mass is 16.2. The molecule has 0 spiro atoms. The Morgan fingerprint density at radius 2 is 1.41 bits per heavy atom. The van der Waals surface area contributed by atoms with Crippen LogP contribution in [0.1, 0.15) is 35.7 Å². The third kappa shape index (κ3) is 6.16. The minimum absolute atomic E-state index is 0.0673. The molecule has 2 N–H and O–H groups in total. The number of benzene rings is 3. The van der Waals surface area contributed by atoms with Crippen molar-refractivity contribution in [3.63, 3.8) is 0 Å². The molecule has 0 bridgehead atoms. The van der Waals surface area contributed by atoms with Crippen LogP contribution in [-0.2, 0) is 6.42 Å². The van der Waals surface area contributed by atoms with E-state index in [1.54, 1.807) is 0 Å². The Morgan fingerprint density at radius 1 is 0.765 bits per heavy atom. The zero-order valence-corrected chi connectivity index (χ0v) is 19.7. The lowest BCUT2D eigenvalue weighted by Gasteiger charge is -2.36. The van der Waals surface area contributed by atoms with Gasteiger partial charge in [-0.1, -0.05) is 43.7 Å². The molecule has 4 rings (SSSR count). The zero-order valence-electron chi connectivity index (χ0n) is 19.7. The van der Waals surface area contributed by atoms with Crippen LogP contribution in [0.5, 0.6) is 0 Å². The van der Waals surface area contributed by atoms with Gasteiger partial charge in [0.25, 0.3) is 5.91 Å². The molecule has 1 aliphatic heterocycles. The van der Waals surface area contributed by atoms with Gasteiger partial charge in [0.15, 0.2) is 0 Å². The first-order valence-corrected chi connectivity index (χ1v) is 12.0. The Labute approximate surface area is 201 Å². The molecule has 176 valence electrons. The molecule has 0 saturated carbocycles. The Hall–Kier alpha value is -3.80. The van der Waals surface area contributed by atoms with Crippen LogP contribution in [0.4, 0.5) is 21.9 Å². The van der Waals surface area contributed by atoms with E-state index in [4.69, 9.17) is 0 Å². The highest BCUT2D eigenvalue weighted by Crippen LogP contribution is 2.21. The van der Waals surface area contributed by atoms with Crippen LogP contribution in [0.2, 0.25) is 0 Å². The molecule has 1 saturated heterocycles. The summed E-state index contributed by atoms with van der Waals surface area (Å²) in [5.74, 6) is -0.104. The zero-order chi connectivity index (χ0) is 23.8. The van der Waals surface area contributed by atoms with Gasteiger partial charge in [0.1, 0.15) is 0 Å². The van der Waals surface area contributed by atoms with Crippen molar-refractivity contribution in [3.8, 4) is 0 Å². The molecule has 0 unspecified atom stereocenters. The summed E-state index contributed by atoms with van der Waals surface area (Å²) < 4.78 is 0. The second kappa shape index (κ2) is 11.4. The van der Waals surface area contributed by atoms with Gasteiger partial charge in [-0.25, -0.2) is 4.79 Å². The van der Waals surface area contributed by atoms with E-state index in [1.165, 1.54) is 5.56 Å². The second-order valence-corrected chi connectivity index (χ2v) is 8.57. The summed E-state index contributed by atoms with van der Waals surface area (Å²) in [6.45, 7) is 5.02. The number of aryl methyl sites for hydroxylation is 1. The summed E-state index contributed by atoms with van der Waals surface area (Å²) >= 11 is 0. The highest BCUT2D eigenvalue weighted by Gasteiger charge is 2.21. The normalized spacial score (nSPS) is 13.4. The van der Waals surface area contributed by atoms with Crippen molar-refractivity contribution in [2.24, 2.45) is 0 Å². The SMILES string of the molecule is CCCCc1ccc(C(=O)Nc2ccc(N3CCN(C(=O)Nc4ccccc4)CC3)cc2)cc1. The number of carbonyl (C=O) groups excluding carboxylic acids is 2. The van der Waals surface area contributed by atoms with Crippen LogP contribution in [0, 0.1) is 0 Å². The third-order valence-corrected chi connectivity index (χ3v) is 6.12. The van der Waals surface area contributed by atoms with Crippen molar-refractivity contribution in [2.45, 2.75) is 26.2 Å². The smallest absolute Gasteiger partial charge is 0.321 e. The number of carbonyl (C=O) groups is 2. The maximum atomic E-state index is 12.6. The molecule has 1 fully saturated rings. The van der Waals surface area contributed by atoms with Gasteiger partial charge >= 0.3 is 6.03 Å². The Bertz CT molecular complexity index is 1070. The van der Waals surface area contributed by atoms with Gasteiger partial charge in [-0.05, 0) is 66.9 Å². The highest BCUT2D eigenvalue weighted by molar-refractivity contribution is 6.04. The largest absolute Gasteiger partial charge is 0.368 e. The fraction of sp³-hybridized carbons (Fsp3) is 0.286. The number of nitrogens with zero attached hydrogens (tertiary/aromatic N) is 2. The average Bonchev–Trinajstić information content (AvgIpc) is 2.89. The van der Waals surface area contributed by atoms with Crippen LogP contribution in [0.3, 0.4) is 0 Å². The minimum Gasteiger partial charge on any atom is -0.368 e. The van der Waals surface area contributed by atoms with Crippen LogP contribution >= 0.6 is 0 Å². The van der Waals surface area contributed by atoms with E-state index in [0.29, 0.717) is 18.7 Å². The van der Waals surface area contributed by atoms with E-state index < -0.39 is 0 Å². The molecule has 6 heteroatoms. The molecule has 0 radical (unpaired) electrons. The fourth-order valence-corrected chi connectivity index (χ4v) is 4.05. The first kappa shape index (κ1) is 23.4. The molecule has 1 heterocycles.